The van der Waals surface area contributed by atoms with Gasteiger partial charge in [0.2, 0.25) is 0 Å². The van der Waals surface area contributed by atoms with Crippen LogP contribution in [-0.2, 0) is 4.84 Å². The summed E-state index contributed by atoms with van der Waals surface area (Å²) < 4.78 is 0. The average molecular weight is 210 g/mol. The van der Waals surface area contributed by atoms with Gasteiger partial charge < -0.3 is 14.8 Å². The van der Waals surface area contributed by atoms with Gasteiger partial charge in [-0.3, -0.25) is 0 Å². The maximum absolute atomic E-state index is 9.57. The lowest BCUT2D eigenvalue weighted by Gasteiger charge is -2.25. The summed E-state index contributed by atoms with van der Waals surface area (Å²) in [5.41, 5.74) is 1.09. The van der Waals surface area contributed by atoms with Crippen molar-refractivity contribution in [3.63, 3.8) is 0 Å². The first-order valence-corrected chi connectivity index (χ1v) is 5.07. The monoisotopic (exact) mass is 210 g/mol. The fourth-order valence-electron chi connectivity index (χ4n) is 1.47. The molecule has 0 saturated carbocycles. The standard InChI is InChI=1S/C11H18N2O2/c1-2-13(8-11(14)9-15-12)10-6-4-3-5-7-10/h3-7,11,14H,2,8-9,12H2,1H3. The second kappa shape index (κ2) is 6.40. The number of aliphatic hydroxyl groups is 1. The fraction of sp³-hybridized carbons (Fsp3) is 0.455. The molecule has 0 aliphatic carbocycles. The number of hydrogen-bond acceptors (Lipinski definition) is 4. The maximum atomic E-state index is 9.57. The largest absolute Gasteiger partial charge is 0.389 e. The maximum Gasteiger partial charge on any atom is 0.0967 e. The van der Waals surface area contributed by atoms with Gasteiger partial charge in [-0.2, -0.15) is 0 Å². The first-order valence-electron chi connectivity index (χ1n) is 5.07. The van der Waals surface area contributed by atoms with E-state index in [4.69, 9.17) is 5.90 Å². The molecule has 1 rings (SSSR count). The summed E-state index contributed by atoms with van der Waals surface area (Å²) in [4.78, 5) is 6.48. The Hall–Kier alpha value is -1.10. The van der Waals surface area contributed by atoms with Crippen molar-refractivity contribution in [2.45, 2.75) is 13.0 Å². The Morgan fingerprint density at radius 3 is 2.60 bits per heavy atom. The quantitative estimate of drug-likeness (QED) is 0.681. The van der Waals surface area contributed by atoms with Gasteiger partial charge in [-0.15, -0.1) is 0 Å². The van der Waals surface area contributed by atoms with Crippen LogP contribution in [0.1, 0.15) is 6.92 Å². The first-order chi connectivity index (χ1) is 7.27. The van der Waals surface area contributed by atoms with Gasteiger partial charge in [0.25, 0.3) is 0 Å². The van der Waals surface area contributed by atoms with Crippen LogP contribution in [0.4, 0.5) is 5.69 Å². The van der Waals surface area contributed by atoms with Crippen LogP contribution < -0.4 is 10.8 Å². The SMILES string of the molecule is CCN(CC(O)CON)c1ccccc1. The Bertz CT molecular complexity index is 267. The molecule has 0 spiro atoms. The van der Waals surface area contributed by atoms with Gasteiger partial charge in [-0.05, 0) is 19.1 Å². The predicted octanol–water partition coefficient (Wildman–Crippen LogP) is 0.764. The molecule has 0 heterocycles. The number of rotatable bonds is 6. The molecule has 1 atom stereocenters. The van der Waals surface area contributed by atoms with E-state index in [1.807, 2.05) is 37.3 Å². The summed E-state index contributed by atoms with van der Waals surface area (Å²) in [6.07, 6.45) is -0.560. The highest BCUT2D eigenvalue weighted by molar-refractivity contribution is 5.45. The zero-order valence-electron chi connectivity index (χ0n) is 8.97. The zero-order valence-corrected chi connectivity index (χ0v) is 8.97. The molecule has 0 aliphatic heterocycles. The van der Waals surface area contributed by atoms with Crippen molar-refractivity contribution in [1.29, 1.82) is 0 Å². The number of nitrogens with zero attached hydrogens (tertiary/aromatic N) is 1. The lowest BCUT2D eigenvalue weighted by molar-refractivity contribution is 0.0403. The van der Waals surface area contributed by atoms with Crippen LogP contribution in [0, 0.1) is 0 Å². The van der Waals surface area contributed by atoms with Crippen molar-refractivity contribution in [3.05, 3.63) is 30.3 Å². The molecule has 1 unspecified atom stereocenters. The molecular weight excluding hydrogens is 192 g/mol. The Balaban J connectivity index is 2.56. The van der Waals surface area contributed by atoms with E-state index in [1.54, 1.807) is 0 Å². The molecule has 4 heteroatoms. The number of anilines is 1. The summed E-state index contributed by atoms with van der Waals surface area (Å²) in [5.74, 6) is 4.91. The van der Waals surface area contributed by atoms with Crippen molar-refractivity contribution in [2.75, 3.05) is 24.6 Å². The summed E-state index contributed by atoms with van der Waals surface area (Å²) in [6.45, 7) is 3.57. The van der Waals surface area contributed by atoms with Crippen LogP contribution in [0.25, 0.3) is 0 Å². The minimum atomic E-state index is -0.560. The molecule has 0 radical (unpaired) electrons. The third-order valence-corrected chi connectivity index (χ3v) is 2.22. The number of nitrogens with two attached hydrogens (primary N) is 1. The fourth-order valence-corrected chi connectivity index (χ4v) is 1.47. The van der Waals surface area contributed by atoms with E-state index in [2.05, 4.69) is 9.74 Å². The molecule has 0 aromatic heterocycles. The molecule has 0 amide bonds. The molecule has 1 aromatic carbocycles. The van der Waals surface area contributed by atoms with E-state index in [0.29, 0.717) is 6.54 Å². The first kappa shape index (κ1) is 12.0. The van der Waals surface area contributed by atoms with E-state index >= 15 is 0 Å². The second-order valence-corrected chi connectivity index (χ2v) is 3.36. The third kappa shape index (κ3) is 3.87. The smallest absolute Gasteiger partial charge is 0.0967 e. The van der Waals surface area contributed by atoms with E-state index in [9.17, 15) is 5.11 Å². The van der Waals surface area contributed by atoms with Gasteiger partial charge in [-0.25, -0.2) is 5.90 Å². The molecule has 0 saturated heterocycles. The van der Waals surface area contributed by atoms with E-state index in [-0.39, 0.29) is 6.61 Å². The van der Waals surface area contributed by atoms with Gasteiger partial charge in [0.05, 0.1) is 12.7 Å². The predicted molar refractivity (Wildman–Crippen MR) is 60.5 cm³/mol. The normalized spacial score (nSPS) is 12.5. The van der Waals surface area contributed by atoms with Gasteiger partial charge in [0, 0.05) is 18.8 Å². The zero-order chi connectivity index (χ0) is 11.1. The molecule has 1 aromatic rings. The molecule has 15 heavy (non-hydrogen) atoms. The summed E-state index contributed by atoms with van der Waals surface area (Å²) in [7, 11) is 0. The highest BCUT2D eigenvalue weighted by Gasteiger charge is 2.10. The summed E-state index contributed by atoms with van der Waals surface area (Å²) >= 11 is 0. The van der Waals surface area contributed by atoms with Crippen LogP contribution >= 0.6 is 0 Å². The molecule has 0 aliphatic rings. The number of hydrogen-bond donors (Lipinski definition) is 2. The third-order valence-electron chi connectivity index (χ3n) is 2.22. The van der Waals surface area contributed by atoms with Crippen molar-refractivity contribution < 1.29 is 9.94 Å². The molecule has 0 bridgehead atoms. The Morgan fingerprint density at radius 1 is 1.40 bits per heavy atom. The molecule has 4 nitrogen and oxygen atoms in total. The highest BCUT2D eigenvalue weighted by Crippen LogP contribution is 2.12. The van der Waals surface area contributed by atoms with Crippen molar-refractivity contribution in [3.8, 4) is 0 Å². The average Bonchev–Trinajstić information content (AvgIpc) is 2.27. The van der Waals surface area contributed by atoms with E-state index in [0.717, 1.165) is 12.2 Å². The minimum Gasteiger partial charge on any atom is -0.389 e. The Labute approximate surface area is 90.2 Å². The van der Waals surface area contributed by atoms with Crippen LogP contribution in [0.2, 0.25) is 0 Å². The van der Waals surface area contributed by atoms with E-state index in [1.165, 1.54) is 0 Å². The number of para-hydroxylation sites is 1. The van der Waals surface area contributed by atoms with Crippen LogP contribution in [0.3, 0.4) is 0 Å². The molecular formula is C11H18N2O2. The van der Waals surface area contributed by atoms with Crippen LogP contribution in [0.5, 0.6) is 0 Å². The number of aliphatic hydroxyl groups excluding tert-OH is 1. The second-order valence-electron chi connectivity index (χ2n) is 3.36. The van der Waals surface area contributed by atoms with Gasteiger partial charge in [-0.1, -0.05) is 18.2 Å². The van der Waals surface area contributed by atoms with Crippen LogP contribution in [0.15, 0.2) is 30.3 Å². The van der Waals surface area contributed by atoms with Crippen molar-refractivity contribution in [1.82, 2.24) is 0 Å². The van der Waals surface area contributed by atoms with E-state index < -0.39 is 6.10 Å². The highest BCUT2D eigenvalue weighted by atomic mass is 16.6. The topological polar surface area (TPSA) is 58.7 Å². The lowest BCUT2D eigenvalue weighted by atomic mass is 10.2. The molecule has 3 N–H and O–H groups in total. The summed E-state index contributed by atoms with van der Waals surface area (Å²) in [6, 6.07) is 9.95. The summed E-state index contributed by atoms with van der Waals surface area (Å²) in [5, 5.41) is 9.57. The number of benzene rings is 1. The molecule has 0 fully saturated rings. The van der Waals surface area contributed by atoms with Crippen molar-refractivity contribution in [2.24, 2.45) is 5.90 Å². The van der Waals surface area contributed by atoms with Crippen molar-refractivity contribution >= 4 is 5.69 Å². The Kier molecular flexibility index (Phi) is 5.10. The molecule has 84 valence electrons. The Morgan fingerprint density at radius 2 is 2.07 bits per heavy atom. The van der Waals surface area contributed by atoms with Gasteiger partial charge in [0.1, 0.15) is 0 Å². The number of likely N-dealkylation sites (N-methyl/N-ethyl adjacent to an activating group) is 1. The lowest BCUT2D eigenvalue weighted by Crippen LogP contribution is -2.35. The van der Waals surface area contributed by atoms with Crippen LogP contribution in [-0.4, -0.2) is 30.9 Å². The van der Waals surface area contributed by atoms with Gasteiger partial charge >= 0.3 is 0 Å². The van der Waals surface area contributed by atoms with Gasteiger partial charge in [0.15, 0.2) is 0 Å². The minimum absolute atomic E-state index is 0.156.